The lowest BCUT2D eigenvalue weighted by atomic mass is 10.2. The lowest BCUT2D eigenvalue weighted by Crippen LogP contribution is -1.97. The minimum Gasteiger partial charge on any atom is -0.278 e. The van der Waals surface area contributed by atoms with Crippen LogP contribution < -0.4 is 5.43 Å². The summed E-state index contributed by atoms with van der Waals surface area (Å²) in [4.78, 5) is 0. The van der Waals surface area contributed by atoms with Crippen LogP contribution in [0.3, 0.4) is 0 Å². The Morgan fingerprint density at radius 3 is 2.62 bits per heavy atom. The van der Waals surface area contributed by atoms with Crippen LogP contribution in [0.25, 0.3) is 0 Å². The number of nitrogens with zero attached hydrogens (tertiary/aromatic N) is 1. The highest BCUT2D eigenvalue weighted by Crippen LogP contribution is 2.14. The van der Waals surface area contributed by atoms with Crippen LogP contribution in [0.15, 0.2) is 50.7 Å². The van der Waals surface area contributed by atoms with Crippen molar-refractivity contribution in [2.45, 2.75) is 6.92 Å². The molecule has 0 atom stereocenters. The lowest BCUT2D eigenvalue weighted by Gasteiger charge is -2.02. The van der Waals surface area contributed by atoms with Crippen LogP contribution in [-0.2, 0) is 0 Å². The van der Waals surface area contributed by atoms with Crippen LogP contribution in [-0.4, -0.2) is 5.71 Å². The number of anilines is 1. The van der Waals surface area contributed by atoms with Gasteiger partial charge in [0.15, 0.2) is 0 Å². The van der Waals surface area contributed by atoms with E-state index in [0.717, 1.165) is 21.4 Å². The Morgan fingerprint density at radius 1 is 1.25 bits per heavy atom. The molecule has 1 aromatic carbocycles. The molecule has 0 bridgehead atoms. The maximum atomic E-state index is 4.32. The van der Waals surface area contributed by atoms with Gasteiger partial charge in [0.1, 0.15) is 0 Å². The van der Waals surface area contributed by atoms with E-state index < -0.39 is 0 Å². The Balaban J connectivity index is 2.06. The number of benzene rings is 1. The second-order valence-electron chi connectivity index (χ2n) is 3.33. The summed E-state index contributed by atoms with van der Waals surface area (Å²) >= 11 is 5.07. The van der Waals surface area contributed by atoms with Crippen molar-refractivity contribution in [2.24, 2.45) is 5.10 Å². The summed E-state index contributed by atoms with van der Waals surface area (Å²) in [5.41, 5.74) is 6.17. The normalized spacial score (nSPS) is 11.5. The molecule has 1 N–H and O–H groups in total. The smallest absolute Gasteiger partial charge is 0.0656 e. The molecule has 0 unspecified atom stereocenters. The minimum atomic E-state index is 0.984. The fourth-order valence-electron chi connectivity index (χ4n) is 1.21. The van der Waals surface area contributed by atoms with E-state index in [1.165, 1.54) is 0 Å². The third-order valence-electron chi connectivity index (χ3n) is 2.14. The maximum absolute atomic E-state index is 4.32. The molecule has 0 aliphatic heterocycles. The Hall–Kier alpha value is -1.13. The number of rotatable bonds is 3. The van der Waals surface area contributed by atoms with Crippen LogP contribution in [0.4, 0.5) is 5.69 Å². The van der Waals surface area contributed by atoms with E-state index in [1.807, 2.05) is 36.6 Å². The number of hydrazone groups is 1. The predicted molar refractivity (Wildman–Crippen MR) is 74.3 cm³/mol. The van der Waals surface area contributed by atoms with Gasteiger partial charge in [-0.05, 0) is 48.0 Å². The van der Waals surface area contributed by atoms with Gasteiger partial charge in [-0.25, -0.2) is 0 Å². The van der Waals surface area contributed by atoms with E-state index in [1.54, 1.807) is 11.3 Å². The standard InChI is InChI=1S/C12H11BrN2S/c1-9(10-6-7-16-8-10)14-15-12-4-2-11(13)3-5-12/h2-8,15H,1H3/b14-9+. The van der Waals surface area contributed by atoms with Gasteiger partial charge in [-0.2, -0.15) is 16.4 Å². The first-order valence-electron chi connectivity index (χ1n) is 4.84. The average Bonchev–Trinajstić information content (AvgIpc) is 2.81. The van der Waals surface area contributed by atoms with Gasteiger partial charge in [0, 0.05) is 10.0 Å². The Bertz CT molecular complexity index is 474. The molecule has 4 heteroatoms. The predicted octanol–water partition coefficient (Wildman–Crippen LogP) is 4.35. The number of nitrogens with one attached hydrogen (secondary N) is 1. The Kier molecular flexibility index (Phi) is 3.74. The van der Waals surface area contributed by atoms with Gasteiger partial charge >= 0.3 is 0 Å². The molecule has 2 rings (SSSR count). The molecule has 2 nitrogen and oxygen atoms in total. The van der Waals surface area contributed by atoms with Crippen LogP contribution in [0.5, 0.6) is 0 Å². The van der Waals surface area contributed by atoms with Gasteiger partial charge in [0.25, 0.3) is 0 Å². The molecular formula is C12H11BrN2S. The molecule has 82 valence electrons. The third-order valence-corrected chi connectivity index (χ3v) is 3.35. The van der Waals surface area contributed by atoms with E-state index in [2.05, 4.69) is 37.9 Å². The van der Waals surface area contributed by atoms with E-state index in [9.17, 15) is 0 Å². The first-order chi connectivity index (χ1) is 7.75. The van der Waals surface area contributed by atoms with Crippen molar-refractivity contribution in [3.63, 3.8) is 0 Å². The highest BCUT2D eigenvalue weighted by Gasteiger charge is 1.96. The molecule has 0 spiro atoms. The molecule has 0 radical (unpaired) electrons. The first kappa shape index (κ1) is 11.4. The molecule has 0 aliphatic carbocycles. The fraction of sp³-hybridized carbons (Fsp3) is 0.0833. The SMILES string of the molecule is C/C(=N\Nc1ccc(Br)cc1)c1ccsc1. The molecule has 0 saturated heterocycles. The lowest BCUT2D eigenvalue weighted by molar-refractivity contribution is 1.32. The number of hydrogen-bond acceptors (Lipinski definition) is 3. The Labute approximate surface area is 107 Å². The van der Waals surface area contributed by atoms with Crippen molar-refractivity contribution in [3.8, 4) is 0 Å². The highest BCUT2D eigenvalue weighted by atomic mass is 79.9. The molecule has 0 fully saturated rings. The molecule has 0 aliphatic rings. The second-order valence-corrected chi connectivity index (χ2v) is 5.02. The van der Waals surface area contributed by atoms with Crippen LogP contribution in [0, 0.1) is 0 Å². The zero-order valence-corrected chi connectivity index (χ0v) is 11.2. The summed E-state index contributed by atoms with van der Waals surface area (Å²) in [6, 6.07) is 9.99. The van der Waals surface area contributed by atoms with Gasteiger partial charge in [0.05, 0.1) is 11.4 Å². The molecular weight excluding hydrogens is 284 g/mol. The quantitative estimate of drug-likeness (QED) is 0.661. The largest absolute Gasteiger partial charge is 0.278 e. The average molecular weight is 295 g/mol. The highest BCUT2D eigenvalue weighted by molar-refractivity contribution is 9.10. The van der Waals surface area contributed by atoms with Gasteiger partial charge in [-0.3, -0.25) is 5.43 Å². The zero-order chi connectivity index (χ0) is 11.4. The second kappa shape index (κ2) is 5.27. The summed E-state index contributed by atoms with van der Waals surface area (Å²) in [6.07, 6.45) is 0. The van der Waals surface area contributed by atoms with Crippen molar-refractivity contribution >= 4 is 38.7 Å². The molecule has 0 amide bonds. The van der Waals surface area contributed by atoms with Crippen LogP contribution >= 0.6 is 27.3 Å². The number of hydrogen-bond donors (Lipinski definition) is 1. The van der Waals surface area contributed by atoms with E-state index in [-0.39, 0.29) is 0 Å². The first-order valence-corrected chi connectivity index (χ1v) is 6.58. The van der Waals surface area contributed by atoms with Crippen LogP contribution in [0.1, 0.15) is 12.5 Å². The van der Waals surface area contributed by atoms with E-state index in [4.69, 9.17) is 0 Å². The van der Waals surface area contributed by atoms with Crippen molar-refractivity contribution in [3.05, 3.63) is 51.1 Å². The van der Waals surface area contributed by atoms with E-state index >= 15 is 0 Å². The minimum absolute atomic E-state index is 0.984. The van der Waals surface area contributed by atoms with E-state index in [0.29, 0.717) is 0 Å². The monoisotopic (exact) mass is 294 g/mol. The summed E-state index contributed by atoms with van der Waals surface area (Å²) in [7, 11) is 0. The third kappa shape index (κ3) is 2.93. The van der Waals surface area contributed by atoms with Crippen molar-refractivity contribution < 1.29 is 0 Å². The van der Waals surface area contributed by atoms with Gasteiger partial charge in [-0.15, -0.1) is 0 Å². The maximum Gasteiger partial charge on any atom is 0.0656 e. The van der Waals surface area contributed by atoms with Crippen molar-refractivity contribution in [1.29, 1.82) is 0 Å². The fourth-order valence-corrected chi connectivity index (χ4v) is 2.17. The summed E-state index contributed by atoms with van der Waals surface area (Å²) in [5.74, 6) is 0. The van der Waals surface area contributed by atoms with Gasteiger partial charge in [-0.1, -0.05) is 15.9 Å². The number of thiophene rings is 1. The van der Waals surface area contributed by atoms with Gasteiger partial charge < -0.3 is 0 Å². The molecule has 1 heterocycles. The summed E-state index contributed by atoms with van der Waals surface area (Å²) < 4.78 is 1.07. The number of halogens is 1. The van der Waals surface area contributed by atoms with Crippen LogP contribution in [0.2, 0.25) is 0 Å². The zero-order valence-electron chi connectivity index (χ0n) is 8.77. The molecule has 16 heavy (non-hydrogen) atoms. The topological polar surface area (TPSA) is 24.4 Å². The summed E-state index contributed by atoms with van der Waals surface area (Å²) in [5, 5.41) is 8.46. The Morgan fingerprint density at radius 2 is 2.00 bits per heavy atom. The summed E-state index contributed by atoms with van der Waals surface area (Å²) in [6.45, 7) is 1.99. The molecule has 1 aromatic heterocycles. The molecule has 0 saturated carbocycles. The molecule has 2 aromatic rings. The van der Waals surface area contributed by atoms with Crippen molar-refractivity contribution in [2.75, 3.05) is 5.43 Å². The van der Waals surface area contributed by atoms with Gasteiger partial charge in [0.2, 0.25) is 0 Å². The van der Waals surface area contributed by atoms with Crippen molar-refractivity contribution in [1.82, 2.24) is 0 Å².